The molecule has 2 aromatic rings. The number of nitrogens with zero attached hydrogens (tertiary/aromatic N) is 3. The van der Waals surface area contributed by atoms with Crippen LogP contribution < -0.4 is 10.6 Å². The van der Waals surface area contributed by atoms with Crippen molar-refractivity contribution in [2.45, 2.75) is 51.0 Å². The lowest BCUT2D eigenvalue weighted by atomic mass is 9.92. The first-order valence-corrected chi connectivity index (χ1v) is 14.3. The van der Waals surface area contributed by atoms with E-state index in [0.717, 1.165) is 64.7 Å². The molecule has 4 heterocycles. The van der Waals surface area contributed by atoms with Gasteiger partial charge in [0.25, 0.3) is 5.91 Å². The van der Waals surface area contributed by atoms with Crippen molar-refractivity contribution in [3.05, 3.63) is 23.8 Å². The highest BCUT2D eigenvalue weighted by atomic mass is 32.1. The molecule has 1 atom stereocenters. The molecule has 0 bridgehead atoms. The van der Waals surface area contributed by atoms with Crippen LogP contribution in [0.4, 0.5) is 9.80 Å². The van der Waals surface area contributed by atoms with Crippen LogP contribution in [-0.4, -0.2) is 90.0 Å². The number of anilines is 1. The summed E-state index contributed by atoms with van der Waals surface area (Å²) >= 11 is 1.21. The van der Waals surface area contributed by atoms with E-state index in [-0.39, 0.29) is 17.6 Å². The average molecular weight is 528 g/mol. The Hall–Kier alpha value is -2.85. The summed E-state index contributed by atoms with van der Waals surface area (Å²) in [5.74, 6) is 0.396. The van der Waals surface area contributed by atoms with Gasteiger partial charge in [0, 0.05) is 51.2 Å². The van der Waals surface area contributed by atoms with E-state index in [4.69, 9.17) is 0 Å². The molecule has 4 amide bonds. The van der Waals surface area contributed by atoms with E-state index < -0.39 is 6.03 Å². The standard InChI is InChI=1S/C27H37N5O4S/c1-28-27(36)29-24-22(20-8-5-9-21(33)23(20)37-24)26(35)31-15-10-19(11-16-31)32-14-6-7-18(17-32)25(34)30-12-3-2-4-13-30/h5,8-9,18-19,33H,2-4,6-7,10-17H2,1H3,(H2,28,29,36). The second-order valence-corrected chi connectivity index (χ2v) is 11.4. The first-order valence-electron chi connectivity index (χ1n) is 13.5. The Bertz CT molecular complexity index is 1150. The molecule has 10 heteroatoms. The Morgan fingerprint density at radius 3 is 2.43 bits per heavy atom. The Labute approximate surface area is 221 Å². The number of hydrogen-bond donors (Lipinski definition) is 3. The molecule has 3 saturated heterocycles. The minimum absolute atomic E-state index is 0.0923. The van der Waals surface area contributed by atoms with Crippen LogP contribution in [0.25, 0.3) is 10.1 Å². The Balaban J connectivity index is 1.25. The van der Waals surface area contributed by atoms with E-state index in [1.165, 1.54) is 24.8 Å². The van der Waals surface area contributed by atoms with Crippen LogP contribution in [0.5, 0.6) is 5.75 Å². The van der Waals surface area contributed by atoms with Gasteiger partial charge in [-0.1, -0.05) is 12.1 Å². The van der Waals surface area contributed by atoms with Crippen molar-refractivity contribution in [3.63, 3.8) is 0 Å². The summed E-state index contributed by atoms with van der Waals surface area (Å²) in [6.45, 7) is 4.89. The van der Waals surface area contributed by atoms with Crippen LogP contribution in [0.15, 0.2) is 18.2 Å². The molecule has 3 N–H and O–H groups in total. The van der Waals surface area contributed by atoms with Crippen molar-refractivity contribution in [1.82, 2.24) is 20.0 Å². The van der Waals surface area contributed by atoms with Gasteiger partial charge in [-0.25, -0.2) is 4.79 Å². The monoisotopic (exact) mass is 527 g/mol. The van der Waals surface area contributed by atoms with Crippen molar-refractivity contribution < 1.29 is 19.5 Å². The molecular formula is C27H37N5O4S. The fourth-order valence-corrected chi connectivity index (χ4v) is 7.17. The Morgan fingerprint density at radius 1 is 0.946 bits per heavy atom. The number of carbonyl (C=O) groups excluding carboxylic acids is 3. The van der Waals surface area contributed by atoms with E-state index >= 15 is 0 Å². The lowest BCUT2D eigenvalue weighted by molar-refractivity contribution is -0.138. The first kappa shape index (κ1) is 25.8. The number of amides is 4. The zero-order valence-corrected chi connectivity index (χ0v) is 22.3. The smallest absolute Gasteiger partial charge is 0.319 e. The summed E-state index contributed by atoms with van der Waals surface area (Å²) < 4.78 is 0.588. The number of piperidine rings is 3. The molecule has 1 unspecified atom stereocenters. The minimum atomic E-state index is -0.405. The molecular weight excluding hydrogens is 490 g/mol. The molecule has 0 spiro atoms. The number of rotatable bonds is 4. The Kier molecular flexibility index (Phi) is 7.85. The SMILES string of the molecule is CNC(=O)Nc1sc2c(O)cccc2c1C(=O)N1CCC(N2CCCC(C(=O)N3CCCCC3)C2)CC1. The van der Waals surface area contributed by atoms with Crippen molar-refractivity contribution in [3.8, 4) is 5.75 Å². The van der Waals surface area contributed by atoms with Gasteiger partial charge in [0.1, 0.15) is 10.8 Å². The second-order valence-electron chi connectivity index (χ2n) is 10.4. The zero-order chi connectivity index (χ0) is 25.9. The number of aromatic hydroxyl groups is 1. The van der Waals surface area contributed by atoms with Crippen LogP contribution >= 0.6 is 11.3 Å². The average Bonchev–Trinajstić information content (AvgIpc) is 3.31. The van der Waals surface area contributed by atoms with E-state index in [9.17, 15) is 19.5 Å². The molecule has 200 valence electrons. The number of urea groups is 1. The van der Waals surface area contributed by atoms with E-state index in [1.807, 2.05) is 11.0 Å². The maximum absolute atomic E-state index is 13.7. The van der Waals surface area contributed by atoms with Gasteiger partial charge in [0.15, 0.2) is 0 Å². The normalized spacial score (nSPS) is 21.7. The molecule has 0 saturated carbocycles. The lowest BCUT2D eigenvalue weighted by Gasteiger charge is -2.43. The van der Waals surface area contributed by atoms with E-state index in [1.54, 1.807) is 12.1 Å². The van der Waals surface area contributed by atoms with Gasteiger partial charge < -0.3 is 20.2 Å². The van der Waals surface area contributed by atoms with Crippen molar-refractivity contribution in [2.24, 2.45) is 5.92 Å². The molecule has 0 aliphatic carbocycles. The summed E-state index contributed by atoms with van der Waals surface area (Å²) in [5, 5.41) is 16.7. The highest BCUT2D eigenvalue weighted by molar-refractivity contribution is 7.23. The maximum atomic E-state index is 13.7. The number of likely N-dealkylation sites (tertiary alicyclic amines) is 3. The number of hydrogen-bond acceptors (Lipinski definition) is 6. The van der Waals surface area contributed by atoms with Gasteiger partial charge in [-0.2, -0.15) is 0 Å². The number of phenols is 1. The van der Waals surface area contributed by atoms with Crippen LogP contribution in [0.3, 0.4) is 0 Å². The molecule has 1 aromatic heterocycles. The predicted molar refractivity (Wildman–Crippen MR) is 145 cm³/mol. The fourth-order valence-electron chi connectivity index (χ4n) is 6.07. The summed E-state index contributed by atoms with van der Waals surface area (Å²) in [6.07, 6.45) is 7.21. The first-order chi connectivity index (χ1) is 18.0. The molecule has 9 nitrogen and oxygen atoms in total. The quantitative estimate of drug-likeness (QED) is 0.563. The fraction of sp³-hybridized carbons (Fsp3) is 0.593. The van der Waals surface area contributed by atoms with Crippen LogP contribution in [0.2, 0.25) is 0 Å². The predicted octanol–water partition coefficient (Wildman–Crippen LogP) is 3.69. The van der Waals surface area contributed by atoms with Crippen LogP contribution in [0, 0.1) is 5.92 Å². The van der Waals surface area contributed by atoms with Gasteiger partial charge in [0.05, 0.1) is 16.2 Å². The summed E-state index contributed by atoms with van der Waals surface area (Å²) in [6, 6.07) is 5.08. The number of phenolic OH excluding ortho intramolecular Hbond substituents is 1. The number of fused-ring (bicyclic) bond motifs is 1. The molecule has 5 rings (SSSR count). The molecule has 3 fully saturated rings. The molecule has 3 aliphatic heterocycles. The topological polar surface area (TPSA) is 105 Å². The number of nitrogens with one attached hydrogen (secondary N) is 2. The van der Waals surface area contributed by atoms with Crippen molar-refractivity contribution in [1.29, 1.82) is 0 Å². The summed E-state index contributed by atoms with van der Waals surface area (Å²) in [7, 11) is 1.53. The van der Waals surface area contributed by atoms with Gasteiger partial charge in [-0.15, -0.1) is 11.3 Å². The molecule has 1 aromatic carbocycles. The van der Waals surface area contributed by atoms with Crippen LogP contribution in [-0.2, 0) is 4.79 Å². The number of benzene rings is 1. The van der Waals surface area contributed by atoms with Gasteiger partial charge in [0.2, 0.25) is 5.91 Å². The molecule has 0 radical (unpaired) electrons. The third-order valence-corrected chi connectivity index (χ3v) is 9.24. The maximum Gasteiger partial charge on any atom is 0.319 e. The zero-order valence-electron chi connectivity index (χ0n) is 21.5. The number of carbonyl (C=O) groups is 3. The minimum Gasteiger partial charge on any atom is -0.506 e. The van der Waals surface area contributed by atoms with Gasteiger partial charge in [-0.05, 0) is 57.6 Å². The third kappa shape index (κ3) is 5.40. The van der Waals surface area contributed by atoms with Crippen molar-refractivity contribution >= 4 is 44.3 Å². The van der Waals surface area contributed by atoms with E-state index in [0.29, 0.717) is 45.7 Å². The molecule has 37 heavy (non-hydrogen) atoms. The van der Waals surface area contributed by atoms with E-state index in [2.05, 4.69) is 20.4 Å². The van der Waals surface area contributed by atoms with Crippen LogP contribution in [0.1, 0.15) is 55.3 Å². The summed E-state index contributed by atoms with van der Waals surface area (Å²) in [4.78, 5) is 45.3. The summed E-state index contributed by atoms with van der Waals surface area (Å²) in [5.41, 5.74) is 0.433. The second kappa shape index (κ2) is 11.3. The highest BCUT2D eigenvalue weighted by Gasteiger charge is 2.35. The third-order valence-electron chi connectivity index (χ3n) is 8.10. The number of thiophene rings is 1. The van der Waals surface area contributed by atoms with Crippen molar-refractivity contribution in [2.75, 3.05) is 51.6 Å². The van der Waals surface area contributed by atoms with Gasteiger partial charge in [-0.3, -0.25) is 19.8 Å². The molecule has 3 aliphatic rings. The highest BCUT2D eigenvalue weighted by Crippen LogP contribution is 2.41. The Morgan fingerprint density at radius 2 is 1.70 bits per heavy atom. The van der Waals surface area contributed by atoms with Gasteiger partial charge >= 0.3 is 6.03 Å². The largest absolute Gasteiger partial charge is 0.506 e. The lowest BCUT2D eigenvalue weighted by Crippen LogP contribution is -2.52.